The number of amidine groups is 2. The number of aromatic nitrogens is 2. The topological polar surface area (TPSA) is 174 Å². The van der Waals surface area contributed by atoms with E-state index in [1.54, 1.807) is 10.9 Å². The summed E-state index contributed by atoms with van der Waals surface area (Å²) in [7, 11) is 0. The van der Waals surface area contributed by atoms with E-state index in [0.717, 1.165) is 47.6 Å². The Bertz CT molecular complexity index is 898. The number of nitrogens with zero attached hydrogens (tertiary/aromatic N) is 3. The second-order valence-corrected chi connectivity index (χ2v) is 8.65. The summed E-state index contributed by atoms with van der Waals surface area (Å²) < 4.78 is 1.74. The summed E-state index contributed by atoms with van der Waals surface area (Å²) in [4.78, 5) is 4.07. The highest BCUT2D eigenvalue weighted by Crippen LogP contribution is 2.15. The van der Waals surface area contributed by atoms with Gasteiger partial charge in [-0.1, -0.05) is 12.1 Å². The second-order valence-electron chi connectivity index (χ2n) is 6.39. The van der Waals surface area contributed by atoms with E-state index in [1.165, 1.54) is 0 Å². The molecule has 1 aromatic heterocycles. The average molecular weight is 447 g/mol. The lowest BCUT2D eigenvalue weighted by Crippen LogP contribution is -2.17. The Hall–Kier alpha value is -2.63. The van der Waals surface area contributed by atoms with Gasteiger partial charge in [-0.05, 0) is 73.0 Å². The molecule has 0 bridgehead atoms. The smallest absolute Gasteiger partial charge is 0.162 e. The molecule has 2 aromatic rings. The average Bonchev–Trinajstić information content (AvgIpc) is 3.19. The molecule has 0 aliphatic rings. The van der Waals surface area contributed by atoms with E-state index in [2.05, 4.69) is 10.1 Å². The minimum Gasteiger partial charge on any atom is -0.378 e. The van der Waals surface area contributed by atoms with Crippen molar-refractivity contribution in [2.75, 3.05) is 0 Å². The molecule has 8 N–H and O–H groups in total. The molecule has 0 saturated carbocycles. The molecule has 0 fully saturated rings. The van der Waals surface area contributed by atoms with Crippen LogP contribution < -0.4 is 11.5 Å². The van der Waals surface area contributed by atoms with Crippen LogP contribution in [-0.2, 0) is 6.42 Å². The number of aliphatic hydroxyl groups excluding tert-OH is 1. The van der Waals surface area contributed by atoms with Crippen molar-refractivity contribution in [1.29, 1.82) is 16.2 Å². The van der Waals surface area contributed by atoms with Crippen LogP contribution in [0.25, 0.3) is 5.69 Å². The maximum atomic E-state index is 10.2. The number of hydrogen-bond acceptors (Lipinski definition) is 8. The van der Waals surface area contributed by atoms with Crippen LogP contribution >= 0.6 is 23.5 Å². The van der Waals surface area contributed by atoms with Gasteiger partial charge in [0, 0.05) is 18.8 Å². The van der Waals surface area contributed by atoms with E-state index >= 15 is 0 Å². The number of hydrogen-bond donors (Lipinski definition) is 6. The monoisotopic (exact) mass is 446 g/mol. The van der Waals surface area contributed by atoms with E-state index in [1.807, 2.05) is 36.5 Å². The Labute approximate surface area is 183 Å². The Morgan fingerprint density at radius 1 is 1.10 bits per heavy atom. The van der Waals surface area contributed by atoms with Crippen LogP contribution in [0.4, 0.5) is 0 Å². The van der Waals surface area contributed by atoms with Gasteiger partial charge < -0.3 is 16.6 Å². The summed E-state index contributed by atoms with van der Waals surface area (Å²) in [6.45, 7) is 0. The van der Waals surface area contributed by atoms with Gasteiger partial charge in [-0.25, -0.2) is 9.67 Å². The summed E-state index contributed by atoms with van der Waals surface area (Å²) in [5.41, 5.74) is 12.9. The molecule has 1 heterocycles. The minimum atomic E-state index is -0.998. The fourth-order valence-electron chi connectivity index (χ4n) is 2.61. The maximum absolute atomic E-state index is 10.2. The molecule has 0 aliphatic carbocycles. The second kappa shape index (κ2) is 12.2. The third-order valence-electron chi connectivity index (χ3n) is 3.89. The van der Waals surface area contributed by atoms with Crippen LogP contribution in [0.2, 0.25) is 0 Å². The number of unbranched alkanes of at least 4 members (excludes halogenated alkanes) is 1. The van der Waals surface area contributed by atoms with Crippen LogP contribution in [0.3, 0.4) is 0 Å². The summed E-state index contributed by atoms with van der Waals surface area (Å²) in [5, 5.41) is 38.0. The lowest BCUT2D eigenvalue weighted by Gasteiger charge is -2.10. The zero-order valence-corrected chi connectivity index (χ0v) is 18.0. The Morgan fingerprint density at radius 2 is 1.80 bits per heavy atom. The van der Waals surface area contributed by atoms with Gasteiger partial charge in [-0.15, -0.1) is 0 Å². The van der Waals surface area contributed by atoms with Crippen LogP contribution in [0, 0.1) is 16.2 Å². The molecule has 1 atom stereocenters. The van der Waals surface area contributed by atoms with Crippen molar-refractivity contribution >= 4 is 43.9 Å². The van der Waals surface area contributed by atoms with Crippen molar-refractivity contribution in [3.63, 3.8) is 0 Å². The van der Waals surface area contributed by atoms with Gasteiger partial charge in [-0.3, -0.25) is 16.2 Å². The summed E-state index contributed by atoms with van der Waals surface area (Å²) >= 11 is 1.98. The van der Waals surface area contributed by atoms with E-state index in [9.17, 15) is 5.11 Å². The molecule has 9 nitrogen and oxygen atoms in total. The first-order chi connectivity index (χ1) is 14.3. The first-order valence-corrected chi connectivity index (χ1v) is 10.9. The summed E-state index contributed by atoms with van der Waals surface area (Å²) in [5.74, 6) is 0. The fourth-order valence-corrected chi connectivity index (χ4v) is 3.79. The number of rotatable bonds is 9. The molecule has 0 spiro atoms. The van der Waals surface area contributed by atoms with Crippen molar-refractivity contribution in [2.45, 2.75) is 38.3 Å². The zero-order chi connectivity index (χ0) is 21.9. The number of aliphatic imine (C=N–C) groups is 1. The Morgan fingerprint density at radius 3 is 2.43 bits per heavy atom. The Balaban J connectivity index is 1.75. The summed E-state index contributed by atoms with van der Waals surface area (Å²) in [6.07, 6.45) is 5.36. The SMILES string of the molecule is N=C(N)SC(=N)CCCCC(=N)SC(N)=NC(O)Cc1cccc(-n2cccn2)c1. The predicted octanol–water partition coefficient (Wildman–Crippen LogP) is 2.92. The number of nitrogens with one attached hydrogen (secondary N) is 3. The van der Waals surface area contributed by atoms with Gasteiger partial charge in [0.05, 0.1) is 15.8 Å². The molecule has 2 rings (SSSR count). The quantitative estimate of drug-likeness (QED) is 0.196. The molecule has 0 saturated heterocycles. The van der Waals surface area contributed by atoms with Gasteiger partial charge in [0.1, 0.15) is 0 Å². The van der Waals surface area contributed by atoms with Gasteiger partial charge >= 0.3 is 0 Å². The lowest BCUT2D eigenvalue weighted by molar-refractivity contribution is 0.185. The number of benzene rings is 1. The first kappa shape index (κ1) is 23.6. The van der Waals surface area contributed by atoms with E-state index in [4.69, 9.17) is 27.7 Å². The molecule has 1 unspecified atom stereocenters. The third kappa shape index (κ3) is 8.80. The van der Waals surface area contributed by atoms with Crippen LogP contribution in [-0.4, -0.2) is 41.5 Å². The molecule has 30 heavy (non-hydrogen) atoms. The molecule has 1 aromatic carbocycles. The molecule has 11 heteroatoms. The number of aliphatic hydroxyl groups is 1. The highest BCUT2D eigenvalue weighted by molar-refractivity contribution is 8.26. The van der Waals surface area contributed by atoms with Crippen LogP contribution in [0.15, 0.2) is 47.7 Å². The molecule has 0 radical (unpaired) electrons. The normalized spacial score (nSPS) is 12.5. The summed E-state index contributed by atoms with van der Waals surface area (Å²) in [6, 6.07) is 9.50. The van der Waals surface area contributed by atoms with Crippen molar-refractivity contribution in [2.24, 2.45) is 16.5 Å². The van der Waals surface area contributed by atoms with Crippen LogP contribution in [0.1, 0.15) is 31.2 Å². The number of nitrogens with two attached hydrogens (primary N) is 2. The maximum Gasteiger partial charge on any atom is 0.162 e. The lowest BCUT2D eigenvalue weighted by atomic mass is 10.1. The first-order valence-electron chi connectivity index (χ1n) is 9.28. The van der Waals surface area contributed by atoms with Crippen molar-refractivity contribution in [1.82, 2.24) is 9.78 Å². The molecular formula is C19H26N8OS2. The highest BCUT2D eigenvalue weighted by Gasteiger charge is 2.09. The largest absolute Gasteiger partial charge is 0.378 e. The van der Waals surface area contributed by atoms with E-state index in [0.29, 0.717) is 29.3 Å². The van der Waals surface area contributed by atoms with E-state index < -0.39 is 6.23 Å². The van der Waals surface area contributed by atoms with Crippen molar-refractivity contribution in [3.05, 3.63) is 48.3 Å². The molecule has 0 amide bonds. The fraction of sp³-hybridized carbons (Fsp3) is 0.316. The molecule has 0 aliphatic heterocycles. The highest BCUT2D eigenvalue weighted by atomic mass is 32.2. The standard InChI is InChI=1S/C19H26N8OS2/c20-15(29-18(22)23)7-1-2-8-16(21)30-19(24)26-17(28)12-13-5-3-6-14(11-13)27-10-4-9-25-27/h3-6,9-11,17,20-21,28H,1-2,7-8,12H2,(H3,22,23)(H2,24,26). The molecular weight excluding hydrogens is 420 g/mol. The van der Waals surface area contributed by atoms with Gasteiger partial charge in [0.15, 0.2) is 16.6 Å². The van der Waals surface area contributed by atoms with Crippen molar-refractivity contribution < 1.29 is 5.11 Å². The molecule has 160 valence electrons. The van der Waals surface area contributed by atoms with Crippen LogP contribution in [0.5, 0.6) is 0 Å². The van der Waals surface area contributed by atoms with Crippen molar-refractivity contribution in [3.8, 4) is 5.69 Å². The van der Waals surface area contributed by atoms with E-state index in [-0.39, 0.29) is 10.3 Å². The van der Waals surface area contributed by atoms with Gasteiger partial charge in [-0.2, -0.15) is 5.10 Å². The van der Waals surface area contributed by atoms with Gasteiger partial charge in [0.2, 0.25) is 0 Å². The zero-order valence-electron chi connectivity index (χ0n) is 16.4. The Kier molecular flexibility index (Phi) is 9.58. The minimum absolute atomic E-state index is 0.0843. The van der Waals surface area contributed by atoms with Gasteiger partial charge in [0.25, 0.3) is 0 Å². The number of thioether (sulfide) groups is 2. The third-order valence-corrected chi connectivity index (χ3v) is 5.33. The predicted molar refractivity (Wildman–Crippen MR) is 126 cm³/mol.